The number of hydrogen-bond donors (Lipinski definition) is 2. The third-order valence-corrected chi connectivity index (χ3v) is 2.32. The highest BCUT2D eigenvalue weighted by Crippen LogP contribution is 2.16. The zero-order valence-electron chi connectivity index (χ0n) is 8.78. The number of carbonyl (C=O) groups excluding carboxylic acids is 1. The van der Waals surface area contributed by atoms with Crippen LogP contribution < -0.4 is 11.1 Å². The Morgan fingerprint density at radius 2 is 1.85 bits per heavy atom. The van der Waals surface area contributed by atoms with Crippen LogP contribution in [0.25, 0.3) is 0 Å². The summed E-state index contributed by atoms with van der Waals surface area (Å²) in [6.07, 6.45) is 0. The van der Waals surface area contributed by atoms with Gasteiger partial charge in [-0.2, -0.15) is 0 Å². The molecule has 3 nitrogen and oxygen atoms in total. The van der Waals surface area contributed by atoms with E-state index < -0.39 is 5.41 Å². The van der Waals surface area contributed by atoms with Crippen molar-refractivity contribution in [2.75, 3.05) is 12.4 Å². The molecule has 0 heterocycles. The van der Waals surface area contributed by atoms with Gasteiger partial charge in [0.05, 0.1) is 5.41 Å². The Morgan fingerprint density at radius 1 is 1.38 bits per heavy atom. The number of nitrogens with two attached hydrogens (primary N) is 1. The highest BCUT2D eigenvalue weighted by molar-refractivity contribution is 6.19. The van der Waals surface area contributed by atoms with E-state index in [1.54, 1.807) is 13.8 Å². The SMILES string of the molecule is CC(C)(N)CNC(=O)C(C)(C)CCl. The van der Waals surface area contributed by atoms with Crippen molar-refractivity contribution in [3.8, 4) is 0 Å². The molecular formula is C9H19ClN2O. The third-order valence-electron chi connectivity index (χ3n) is 1.65. The Labute approximate surface area is 85.0 Å². The fraction of sp³-hybridized carbons (Fsp3) is 0.889. The van der Waals surface area contributed by atoms with Crippen LogP contribution in [0.5, 0.6) is 0 Å². The van der Waals surface area contributed by atoms with Crippen LogP contribution >= 0.6 is 11.6 Å². The van der Waals surface area contributed by atoms with Gasteiger partial charge in [0.2, 0.25) is 5.91 Å². The number of nitrogens with one attached hydrogen (secondary N) is 1. The summed E-state index contributed by atoms with van der Waals surface area (Å²) in [4.78, 5) is 11.5. The topological polar surface area (TPSA) is 55.1 Å². The van der Waals surface area contributed by atoms with Crippen molar-refractivity contribution in [1.29, 1.82) is 0 Å². The monoisotopic (exact) mass is 206 g/mol. The highest BCUT2D eigenvalue weighted by atomic mass is 35.5. The van der Waals surface area contributed by atoms with Crippen molar-refractivity contribution in [1.82, 2.24) is 5.32 Å². The van der Waals surface area contributed by atoms with Crippen LogP contribution in [0.1, 0.15) is 27.7 Å². The van der Waals surface area contributed by atoms with Gasteiger partial charge in [-0.15, -0.1) is 11.6 Å². The molecule has 0 unspecified atom stereocenters. The third kappa shape index (κ3) is 5.11. The highest BCUT2D eigenvalue weighted by Gasteiger charge is 2.27. The standard InChI is InChI=1S/C9H19ClN2O/c1-8(2,5-10)7(13)12-6-9(3,4)11/h5-6,11H2,1-4H3,(H,12,13). The van der Waals surface area contributed by atoms with Crippen molar-refractivity contribution in [3.63, 3.8) is 0 Å². The minimum absolute atomic E-state index is 0.0546. The molecule has 0 atom stereocenters. The largest absolute Gasteiger partial charge is 0.354 e. The van der Waals surface area contributed by atoms with Crippen LogP contribution in [-0.4, -0.2) is 23.9 Å². The van der Waals surface area contributed by atoms with E-state index in [0.29, 0.717) is 12.4 Å². The second kappa shape index (κ2) is 4.29. The van der Waals surface area contributed by atoms with Crippen LogP contribution in [-0.2, 0) is 4.79 Å². The Hall–Kier alpha value is -0.280. The molecule has 0 aliphatic carbocycles. The Morgan fingerprint density at radius 3 is 2.15 bits per heavy atom. The molecule has 0 saturated heterocycles. The van der Waals surface area contributed by atoms with E-state index in [0.717, 1.165) is 0 Å². The van der Waals surface area contributed by atoms with E-state index in [1.165, 1.54) is 0 Å². The summed E-state index contributed by atoms with van der Waals surface area (Å²) in [6, 6.07) is 0. The molecule has 0 radical (unpaired) electrons. The average Bonchev–Trinajstić information content (AvgIpc) is 1.98. The Balaban J connectivity index is 4.03. The predicted molar refractivity (Wildman–Crippen MR) is 55.8 cm³/mol. The molecule has 0 spiro atoms. The normalized spacial score (nSPS) is 12.8. The minimum atomic E-state index is -0.521. The molecule has 0 aliphatic rings. The van der Waals surface area contributed by atoms with Gasteiger partial charge < -0.3 is 11.1 Å². The Bertz CT molecular complexity index is 185. The molecule has 3 N–H and O–H groups in total. The van der Waals surface area contributed by atoms with E-state index in [4.69, 9.17) is 17.3 Å². The van der Waals surface area contributed by atoms with Crippen molar-refractivity contribution >= 4 is 17.5 Å². The molecule has 1 amide bonds. The molecule has 0 aromatic heterocycles. The molecule has 4 heteroatoms. The lowest BCUT2D eigenvalue weighted by Gasteiger charge is -2.24. The van der Waals surface area contributed by atoms with Crippen molar-refractivity contribution < 1.29 is 4.79 Å². The first-order valence-electron chi connectivity index (χ1n) is 4.32. The van der Waals surface area contributed by atoms with E-state index in [9.17, 15) is 4.79 Å². The van der Waals surface area contributed by atoms with Crippen molar-refractivity contribution in [2.24, 2.45) is 11.1 Å². The number of rotatable bonds is 4. The van der Waals surface area contributed by atoms with E-state index in [-0.39, 0.29) is 11.4 Å². The lowest BCUT2D eigenvalue weighted by atomic mass is 9.94. The summed E-state index contributed by atoms with van der Waals surface area (Å²) in [5, 5.41) is 2.77. The number of hydrogen-bond acceptors (Lipinski definition) is 2. The van der Waals surface area contributed by atoms with Gasteiger partial charge >= 0.3 is 0 Å². The molecule has 0 rings (SSSR count). The maximum absolute atomic E-state index is 11.5. The number of amides is 1. The smallest absolute Gasteiger partial charge is 0.226 e. The zero-order chi connectivity index (χ0) is 10.7. The molecular weight excluding hydrogens is 188 g/mol. The average molecular weight is 207 g/mol. The van der Waals surface area contributed by atoms with Gasteiger partial charge in [0.1, 0.15) is 0 Å². The quantitative estimate of drug-likeness (QED) is 0.677. The van der Waals surface area contributed by atoms with Gasteiger partial charge in [-0.3, -0.25) is 4.79 Å². The van der Waals surface area contributed by atoms with Crippen molar-refractivity contribution in [2.45, 2.75) is 33.2 Å². The van der Waals surface area contributed by atoms with E-state index >= 15 is 0 Å². The van der Waals surface area contributed by atoms with Crippen LogP contribution in [0.2, 0.25) is 0 Å². The van der Waals surface area contributed by atoms with Gasteiger partial charge in [0.15, 0.2) is 0 Å². The summed E-state index contributed by atoms with van der Waals surface area (Å²) in [5.74, 6) is 0.255. The molecule has 0 aromatic carbocycles. The summed E-state index contributed by atoms with van der Waals surface area (Å²) in [6.45, 7) is 7.80. The summed E-state index contributed by atoms with van der Waals surface area (Å²) in [5.41, 5.74) is 4.82. The minimum Gasteiger partial charge on any atom is -0.354 e. The first kappa shape index (κ1) is 12.7. The first-order valence-corrected chi connectivity index (χ1v) is 4.86. The lowest BCUT2D eigenvalue weighted by molar-refractivity contribution is -0.128. The Kier molecular flexibility index (Phi) is 4.20. The zero-order valence-corrected chi connectivity index (χ0v) is 9.53. The summed E-state index contributed by atoms with van der Waals surface area (Å²) in [7, 11) is 0. The predicted octanol–water partition coefficient (Wildman–Crippen LogP) is 1.10. The van der Waals surface area contributed by atoms with E-state index in [2.05, 4.69) is 5.32 Å². The fourth-order valence-electron chi connectivity index (χ4n) is 0.608. The summed E-state index contributed by atoms with van der Waals surface area (Å²) >= 11 is 5.65. The molecule has 0 aliphatic heterocycles. The molecule has 0 saturated carbocycles. The van der Waals surface area contributed by atoms with E-state index in [1.807, 2.05) is 13.8 Å². The molecule has 13 heavy (non-hydrogen) atoms. The fourth-order valence-corrected chi connectivity index (χ4v) is 0.729. The molecule has 78 valence electrons. The van der Waals surface area contributed by atoms with Crippen LogP contribution in [0.4, 0.5) is 0 Å². The van der Waals surface area contributed by atoms with Crippen LogP contribution in [0.3, 0.4) is 0 Å². The number of alkyl halides is 1. The van der Waals surface area contributed by atoms with Gasteiger partial charge in [-0.1, -0.05) is 0 Å². The first-order chi connectivity index (χ1) is 5.69. The maximum Gasteiger partial charge on any atom is 0.226 e. The van der Waals surface area contributed by atoms with Crippen LogP contribution in [0.15, 0.2) is 0 Å². The number of halogens is 1. The van der Waals surface area contributed by atoms with Gasteiger partial charge in [0.25, 0.3) is 0 Å². The van der Waals surface area contributed by atoms with Crippen molar-refractivity contribution in [3.05, 3.63) is 0 Å². The molecule has 0 bridgehead atoms. The maximum atomic E-state index is 11.5. The second-order valence-electron chi connectivity index (χ2n) is 4.69. The van der Waals surface area contributed by atoms with Gasteiger partial charge in [-0.05, 0) is 27.7 Å². The lowest BCUT2D eigenvalue weighted by Crippen LogP contribution is -2.48. The molecule has 0 fully saturated rings. The van der Waals surface area contributed by atoms with Gasteiger partial charge in [-0.25, -0.2) is 0 Å². The van der Waals surface area contributed by atoms with Crippen LogP contribution in [0, 0.1) is 5.41 Å². The van der Waals surface area contributed by atoms with Gasteiger partial charge in [0, 0.05) is 18.0 Å². The number of carbonyl (C=O) groups is 1. The second-order valence-corrected chi connectivity index (χ2v) is 4.96. The molecule has 0 aromatic rings. The summed E-state index contributed by atoms with van der Waals surface area (Å²) < 4.78 is 0.